The number of amides is 3. The molecule has 1 atom stereocenters. The lowest BCUT2D eigenvalue weighted by molar-refractivity contribution is -0.123. The van der Waals surface area contributed by atoms with Crippen LogP contribution in [-0.2, 0) is 4.79 Å². The highest BCUT2D eigenvalue weighted by molar-refractivity contribution is 7.09. The van der Waals surface area contributed by atoms with Crippen molar-refractivity contribution in [3.8, 4) is 5.75 Å². The smallest absolute Gasteiger partial charge is 0.273 e. The van der Waals surface area contributed by atoms with Crippen molar-refractivity contribution in [3.63, 3.8) is 0 Å². The first kappa shape index (κ1) is 23.2. The van der Waals surface area contributed by atoms with Gasteiger partial charge in [-0.3, -0.25) is 19.3 Å². The third-order valence-corrected chi connectivity index (χ3v) is 6.68. The number of nitrogens with two attached hydrogens (primary N) is 2. The van der Waals surface area contributed by atoms with Gasteiger partial charge in [-0.15, -0.1) is 0 Å². The number of nitrogen functional groups attached to an aromatic ring is 1. The van der Waals surface area contributed by atoms with E-state index in [0.717, 1.165) is 37.2 Å². The molecule has 0 radical (unpaired) electrons. The van der Waals surface area contributed by atoms with Crippen molar-refractivity contribution in [2.45, 2.75) is 37.8 Å². The highest BCUT2D eigenvalue weighted by atomic mass is 32.1. The van der Waals surface area contributed by atoms with Gasteiger partial charge in [0.05, 0.1) is 5.69 Å². The molecule has 0 saturated heterocycles. The fourth-order valence-corrected chi connectivity index (χ4v) is 4.88. The number of phenolic OH excluding ortho intramolecular Hbond substituents is 1. The first-order valence-electron chi connectivity index (χ1n) is 10.9. The van der Waals surface area contributed by atoms with E-state index in [0.29, 0.717) is 11.3 Å². The maximum Gasteiger partial charge on any atom is 0.273 e. The number of primary amides is 1. The Kier molecular flexibility index (Phi) is 6.78. The fourth-order valence-electron chi connectivity index (χ4n) is 4.14. The van der Waals surface area contributed by atoms with Gasteiger partial charge in [-0.2, -0.15) is 4.37 Å². The molecular weight excluding hydrogens is 454 g/mol. The Bertz CT molecular complexity index is 1190. The van der Waals surface area contributed by atoms with E-state index in [2.05, 4.69) is 9.69 Å². The molecule has 0 aliphatic heterocycles. The molecule has 1 saturated carbocycles. The van der Waals surface area contributed by atoms with Crippen LogP contribution in [0.4, 0.5) is 11.4 Å². The van der Waals surface area contributed by atoms with Gasteiger partial charge in [-0.25, -0.2) is 0 Å². The summed E-state index contributed by atoms with van der Waals surface area (Å²) in [5, 5.41) is 12.9. The number of nitrogens with one attached hydrogen (secondary N) is 1. The van der Waals surface area contributed by atoms with Crippen LogP contribution in [0.1, 0.15) is 57.4 Å². The van der Waals surface area contributed by atoms with Crippen molar-refractivity contribution in [2.24, 2.45) is 5.73 Å². The van der Waals surface area contributed by atoms with Crippen LogP contribution in [0, 0.1) is 0 Å². The normalized spacial score (nSPS) is 14.5. The zero-order valence-corrected chi connectivity index (χ0v) is 19.1. The van der Waals surface area contributed by atoms with Crippen LogP contribution in [0.15, 0.2) is 54.6 Å². The number of nitrogens with zero attached hydrogens (tertiary/aromatic N) is 2. The topological polar surface area (TPSA) is 152 Å². The summed E-state index contributed by atoms with van der Waals surface area (Å²) in [7, 11) is 0. The summed E-state index contributed by atoms with van der Waals surface area (Å²) in [5.74, 6) is -1.75. The van der Waals surface area contributed by atoms with Gasteiger partial charge in [0.15, 0.2) is 5.69 Å². The van der Waals surface area contributed by atoms with E-state index < -0.39 is 17.9 Å². The van der Waals surface area contributed by atoms with Crippen molar-refractivity contribution < 1.29 is 19.5 Å². The van der Waals surface area contributed by atoms with Gasteiger partial charge in [0, 0.05) is 11.7 Å². The highest BCUT2D eigenvalue weighted by Crippen LogP contribution is 2.34. The van der Waals surface area contributed by atoms with Crippen LogP contribution in [0.25, 0.3) is 0 Å². The lowest BCUT2D eigenvalue weighted by Crippen LogP contribution is -2.46. The van der Waals surface area contributed by atoms with Gasteiger partial charge < -0.3 is 21.9 Å². The van der Waals surface area contributed by atoms with Gasteiger partial charge in [0.1, 0.15) is 16.7 Å². The van der Waals surface area contributed by atoms with Gasteiger partial charge in [0.2, 0.25) is 5.91 Å². The number of para-hydroxylation sites is 1. The third-order valence-electron chi connectivity index (χ3n) is 5.83. The average molecular weight is 480 g/mol. The molecule has 0 spiro atoms. The van der Waals surface area contributed by atoms with E-state index in [1.54, 1.807) is 42.5 Å². The van der Waals surface area contributed by atoms with Crippen LogP contribution < -0.4 is 21.7 Å². The largest absolute Gasteiger partial charge is 0.508 e. The first-order chi connectivity index (χ1) is 16.4. The second-order valence-corrected chi connectivity index (χ2v) is 8.91. The number of carbonyl (C=O) groups excluding carboxylic acids is 3. The van der Waals surface area contributed by atoms with Crippen LogP contribution in [-0.4, -0.2) is 33.2 Å². The molecule has 1 fully saturated rings. The number of aromatic hydroxyl groups is 1. The van der Waals surface area contributed by atoms with Gasteiger partial charge in [0.25, 0.3) is 11.8 Å². The van der Waals surface area contributed by atoms with E-state index in [1.807, 2.05) is 0 Å². The second-order valence-electron chi connectivity index (χ2n) is 8.13. The molecule has 0 bridgehead atoms. The number of hydrogen-bond acceptors (Lipinski definition) is 7. The molecule has 1 aromatic heterocycles. The molecule has 176 valence electrons. The second kappa shape index (κ2) is 9.92. The number of anilines is 2. The minimum Gasteiger partial charge on any atom is -0.508 e. The van der Waals surface area contributed by atoms with Crippen molar-refractivity contribution in [1.29, 1.82) is 0 Å². The average Bonchev–Trinajstić information content (AvgIpc) is 3.48. The lowest BCUT2D eigenvalue weighted by atomic mass is 10.0. The zero-order valence-electron chi connectivity index (χ0n) is 18.3. The molecule has 34 heavy (non-hydrogen) atoms. The zero-order chi connectivity index (χ0) is 24.2. The number of hydrogen-bond donors (Lipinski definition) is 4. The maximum absolute atomic E-state index is 13.9. The SMILES string of the molecule is NC(=O)c1nsc(C(=O)N(c2ccccc2)C(C(=O)NC2CCCC2)c2ccc(O)cc2)c1N. The molecule has 2 aromatic carbocycles. The molecule has 10 heteroatoms. The Morgan fingerprint density at radius 3 is 2.29 bits per heavy atom. The summed E-state index contributed by atoms with van der Waals surface area (Å²) in [4.78, 5) is 40.5. The molecule has 6 N–H and O–H groups in total. The predicted octanol–water partition coefficient (Wildman–Crippen LogP) is 2.98. The van der Waals surface area contributed by atoms with Crippen LogP contribution in [0.2, 0.25) is 0 Å². The summed E-state index contributed by atoms with van der Waals surface area (Å²) in [5.41, 5.74) is 12.0. The predicted molar refractivity (Wildman–Crippen MR) is 130 cm³/mol. The van der Waals surface area contributed by atoms with Gasteiger partial charge in [-0.1, -0.05) is 43.2 Å². The van der Waals surface area contributed by atoms with Crippen LogP contribution in [0.5, 0.6) is 5.75 Å². The summed E-state index contributed by atoms with van der Waals surface area (Å²) < 4.78 is 3.95. The molecule has 1 aliphatic carbocycles. The molecule has 1 unspecified atom stereocenters. The van der Waals surface area contributed by atoms with Crippen molar-refractivity contribution in [2.75, 3.05) is 10.6 Å². The summed E-state index contributed by atoms with van der Waals surface area (Å²) in [6, 6.07) is 13.8. The maximum atomic E-state index is 13.9. The summed E-state index contributed by atoms with van der Waals surface area (Å²) in [6.07, 6.45) is 3.81. The highest BCUT2D eigenvalue weighted by Gasteiger charge is 2.37. The van der Waals surface area contributed by atoms with Crippen molar-refractivity contribution in [1.82, 2.24) is 9.69 Å². The lowest BCUT2D eigenvalue weighted by Gasteiger charge is -2.32. The van der Waals surface area contributed by atoms with E-state index in [9.17, 15) is 19.5 Å². The van der Waals surface area contributed by atoms with Crippen LogP contribution in [0.3, 0.4) is 0 Å². The van der Waals surface area contributed by atoms with E-state index in [1.165, 1.54) is 17.0 Å². The quantitative estimate of drug-likeness (QED) is 0.409. The van der Waals surface area contributed by atoms with Gasteiger partial charge in [-0.05, 0) is 54.2 Å². The van der Waals surface area contributed by atoms with E-state index in [-0.39, 0.29) is 34.0 Å². The van der Waals surface area contributed by atoms with E-state index >= 15 is 0 Å². The van der Waals surface area contributed by atoms with Crippen molar-refractivity contribution in [3.05, 3.63) is 70.7 Å². The molecule has 3 amide bonds. The Balaban J connectivity index is 1.82. The number of aromatic nitrogens is 1. The number of phenols is 1. The van der Waals surface area contributed by atoms with E-state index in [4.69, 9.17) is 11.5 Å². The molecule has 1 aliphatic rings. The molecule has 1 heterocycles. The Morgan fingerprint density at radius 1 is 1.06 bits per heavy atom. The Morgan fingerprint density at radius 2 is 1.71 bits per heavy atom. The van der Waals surface area contributed by atoms with Crippen LogP contribution >= 0.6 is 11.5 Å². The number of carbonyl (C=O) groups is 3. The standard InChI is InChI=1S/C24H25N5O4S/c25-18-19(22(26)31)28-34-21(18)24(33)29(16-8-2-1-3-9-16)20(14-10-12-17(30)13-11-14)23(32)27-15-6-4-5-7-15/h1-3,8-13,15,20,30H,4-7,25H2,(H2,26,31)(H,27,32). The summed E-state index contributed by atoms with van der Waals surface area (Å²) in [6.45, 7) is 0. The Hall–Kier alpha value is -3.92. The number of rotatable bonds is 7. The Labute approximate surface area is 200 Å². The first-order valence-corrected chi connectivity index (χ1v) is 11.7. The molecule has 3 aromatic rings. The third kappa shape index (κ3) is 4.72. The fraction of sp³-hybridized carbons (Fsp3) is 0.250. The van der Waals surface area contributed by atoms with Gasteiger partial charge >= 0.3 is 0 Å². The monoisotopic (exact) mass is 479 g/mol. The summed E-state index contributed by atoms with van der Waals surface area (Å²) >= 11 is 0.757. The number of benzene rings is 2. The molecular formula is C24H25N5O4S. The minimum absolute atomic E-state index is 0.00935. The van der Waals surface area contributed by atoms with Crippen molar-refractivity contribution >= 4 is 40.6 Å². The molecule has 9 nitrogen and oxygen atoms in total. The molecule has 4 rings (SSSR count). The minimum atomic E-state index is -1.06.